The summed E-state index contributed by atoms with van der Waals surface area (Å²) >= 11 is 0. The molecule has 16 nitrogen and oxygen atoms in total. The van der Waals surface area contributed by atoms with E-state index in [9.17, 15) is 36.0 Å². The van der Waals surface area contributed by atoms with Crippen LogP contribution in [-0.4, -0.2) is 95.6 Å². The molecule has 0 aromatic carbocycles. The predicted octanol–water partition coefficient (Wildman–Crippen LogP) is -1.17. The lowest BCUT2D eigenvalue weighted by atomic mass is 10.1. The molecule has 2 rings (SSSR count). The maximum Gasteiger partial charge on any atom is 0.359 e. The van der Waals surface area contributed by atoms with Crippen molar-refractivity contribution in [3.05, 3.63) is 39.3 Å². The third-order valence-electron chi connectivity index (χ3n) is 4.54. The highest BCUT2D eigenvalue weighted by atomic mass is 32.2. The minimum absolute atomic E-state index is 0.0441. The number of rotatable bonds is 12. The summed E-state index contributed by atoms with van der Waals surface area (Å²) in [5, 5.41) is 6.80. The van der Waals surface area contributed by atoms with Crippen molar-refractivity contribution in [2.45, 2.75) is 20.4 Å². The fourth-order valence-electron chi connectivity index (χ4n) is 2.93. The number of esters is 2. The number of allylic oxidation sites excluding steroid dienone is 2. The molecule has 0 saturated heterocycles. The fourth-order valence-corrected chi connectivity index (χ4v) is 3.75. The van der Waals surface area contributed by atoms with Crippen molar-refractivity contribution < 1.29 is 49.8 Å². The lowest BCUT2D eigenvalue weighted by molar-refractivity contribution is -0.135. The summed E-state index contributed by atoms with van der Waals surface area (Å²) in [4.78, 5) is 49.9. The number of ether oxygens (including phenoxy) is 2. The van der Waals surface area contributed by atoms with Gasteiger partial charge in [0.25, 0.3) is 31.7 Å². The van der Waals surface area contributed by atoms with Crippen LogP contribution in [0.2, 0.25) is 0 Å². The van der Waals surface area contributed by atoms with Crippen molar-refractivity contribution in [1.82, 2.24) is 14.8 Å². The number of amides is 1. The van der Waals surface area contributed by atoms with Gasteiger partial charge in [0.15, 0.2) is 11.4 Å². The summed E-state index contributed by atoms with van der Waals surface area (Å²) < 4.78 is 72.5. The molecule has 1 amide bonds. The van der Waals surface area contributed by atoms with Crippen molar-refractivity contribution >= 4 is 49.9 Å². The summed E-state index contributed by atoms with van der Waals surface area (Å²) in [6.07, 6.45) is 3.27. The zero-order valence-electron chi connectivity index (χ0n) is 19.6. The number of nitrogens with zero attached hydrogens (tertiary/aromatic N) is 3. The van der Waals surface area contributed by atoms with Gasteiger partial charge < -0.3 is 9.47 Å². The molecular weight excluding hydrogens is 540 g/mol. The zero-order chi connectivity index (χ0) is 28.0. The number of hydrazone groups is 1. The fraction of sp³-hybridized carbons (Fsp3) is 0.421. The van der Waals surface area contributed by atoms with E-state index in [1.54, 1.807) is 0 Å². The Labute approximate surface area is 210 Å². The summed E-state index contributed by atoms with van der Waals surface area (Å²) in [5.74, 6) is -4.51. The molecule has 204 valence electrons. The van der Waals surface area contributed by atoms with Crippen LogP contribution in [0, 0.1) is 0 Å². The van der Waals surface area contributed by atoms with Crippen LogP contribution in [0.25, 0.3) is 6.08 Å². The van der Waals surface area contributed by atoms with Gasteiger partial charge in [-0.2, -0.15) is 21.9 Å². The van der Waals surface area contributed by atoms with E-state index >= 15 is 0 Å². The third kappa shape index (κ3) is 8.20. The predicted molar refractivity (Wildman–Crippen MR) is 127 cm³/mol. The molecule has 0 radical (unpaired) electrons. The highest BCUT2D eigenvalue weighted by Crippen LogP contribution is 2.17. The number of aryl methyl sites for hydroxylation is 1. The molecule has 1 aliphatic heterocycles. The average molecular weight is 565 g/mol. The number of aromatic nitrogens is 2. The standard InChI is InChI=1S/C19H24N4O12S2/c1-3-34-18(26)14-12(16(24)22(20-14)8-10-36(28,29)30)6-5-7-13-15(19(27)35-4-2)21-23(17(13)25)9-11-37(31,32)33/h5-7,20H,3-4,8-11H2,1-2H3,(H,28,29,30)(H,31,32,33). The normalized spacial score (nSPS) is 15.5. The smallest absolute Gasteiger partial charge is 0.359 e. The molecule has 18 heteroatoms. The Morgan fingerprint density at radius 3 is 2.11 bits per heavy atom. The van der Waals surface area contributed by atoms with Crippen LogP contribution in [0.3, 0.4) is 0 Å². The second-order valence-electron chi connectivity index (χ2n) is 7.19. The second-order valence-corrected chi connectivity index (χ2v) is 10.3. The Kier molecular flexibility index (Phi) is 9.67. The first kappa shape index (κ1) is 29.6. The molecule has 0 fully saturated rings. The van der Waals surface area contributed by atoms with Crippen LogP contribution in [0.1, 0.15) is 29.9 Å². The van der Waals surface area contributed by atoms with E-state index in [-0.39, 0.29) is 30.0 Å². The van der Waals surface area contributed by atoms with Crippen molar-refractivity contribution in [3.63, 3.8) is 0 Å². The van der Waals surface area contributed by atoms with E-state index in [4.69, 9.17) is 18.6 Å². The maximum atomic E-state index is 12.7. The summed E-state index contributed by atoms with van der Waals surface area (Å²) in [7, 11) is -8.86. The van der Waals surface area contributed by atoms with Gasteiger partial charge in [-0.05, 0) is 26.0 Å². The molecule has 0 atom stereocenters. The highest BCUT2D eigenvalue weighted by molar-refractivity contribution is 7.86. The lowest BCUT2D eigenvalue weighted by Gasteiger charge is -2.09. The van der Waals surface area contributed by atoms with Gasteiger partial charge in [-0.15, -0.1) is 0 Å². The van der Waals surface area contributed by atoms with Crippen molar-refractivity contribution in [2.75, 3.05) is 31.3 Å². The van der Waals surface area contributed by atoms with Crippen LogP contribution in [0.15, 0.2) is 27.6 Å². The summed E-state index contributed by atoms with van der Waals surface area (Å²) in [5.41, 5.74) is -2.27. The van der Waals surface area contributed by atoms with E-state index in [1.165, 1.54) is 13.8 Å². The van der Waals surface area contributed by atoms with E-state index in [2.05, 4.69) is 10.2 Å². The molecule has 1 aromatic rings. The van der Waals surface area contributed by atoms with E-state index in [1.807, 2.05) is 0 Å². The number of H-pyrrole nitrogens is 1. The van der Waals surface area contributed by atoms with Crippen molar-refractivity contribution in [2.24, 2.45) is 5.10 Å². The van der Waals surface area contributed by atoms with Gasteiger partial charge in [-0.25, -0.2) is 14.6 Å². The SMILES string of the molecule is CCOC(=O)C1=NN(CCS(=O)(=O)O)C(=O)C1=CC=Cc1c(C(=O)OCC)[nH]n(CCS(=O)(=O)O)c1=O. The molecule has 1 aliphatic rings. The Morgan fingerprint density at radius 1 is 0.973 bits per heavy atom. The molecule has 0 spiro atoms. The quantitative estimate of drug-likeness (QED) is 0.155. The third-order valence-corrected chi connectivity index (χ3v) is 5.94. The highest BCUT2D eigenvalue weighted by Gasteiger charge is 2.35. The maximum absolute atomic E-state index is 12.7. The van der Waals surface area contributed by atoms with Crippen molar-refractivity contribution in [3.8, 4) is 0 Å². The Balaban J connectivity index is 2.46. The first-order valence-corrected chi connectivity index (χ1v) is 13.8. The average Bonchev–Trinajstić information content (AvgIpc) is 3.27. The summed E-state index contributed by atoms with van der Waals surface area (Å²) in [6, 6.07) is 0. The van der Waals surface area contributed by atoms with Gasteiger partial charge in [0.1, 0.15) is 0 Å². The van der Waals surface area contributed by atoms with Gasteiger partial charge in [0, 0.05) is 0 Å². The molecule has 0 bridgehead atoms. The van der Waals surface area contributed by atoms with Gasteiger partial charge in [-0.3, -0.25) is 28.5 Å². The number of nitrogens with one attached hydrogen (secondary N) is 1. The van der Waals surface area contributed by atoms with Gasteiger partial charge in [-0.1, -0.05) is 6.08 Å². The first-order valence-electron chi connectivity index (χ1n) is 10.5. The molecule has 0 aliphatic carbocycles. The zero-order valence-corrected chi connectivity index (χ0v) is 21.2. The van der Waals surface area contributed by atoms with Crippen LogP contribution < -0.4 is 5.56 Å². The molecule has 2 heterocycles. The molecule has 0 unspecified atom stereocenters. The lowest BCUT2D eigenvalue weighted by Crippen LogP contribution is -2.28. The second kappa shape index (κ2) is 12.1. The Morgan fingerprint density at radius 2 is 1.54 bits per heavy atom. The monoisotopic (exact) mass is 564 g/mol. The van der Waals surface area contributed by atoms with Crippen LogP contribution in [0.5, 0.6) is 0 Å². The molecule has 1 aromatic heterocycles. The van der Waals surface area contributed by atoms with E-state index in [0.717, 1.165) is 22.9 Å². The van der Waals surface area contributed by atoms with Crippen molar-refractivity contribution in [1.29, 1.82) is 0 Å². The summed E-state index contributed by atoms with van der Waals surface area (Å²) in [6.45, 7) is 1.84. The topological polar surface area (TPSA) is 232 Å². The molecule has 0 saturated carbocycles. The molecular formula is C19H24N4O12S2. The Hall–Kier alpha value is -3.61. The van der Waals surface area contributed by atoms with E-state index in [0.29, 0.717) is 5.01 Å². The van der Waals surface area contributed by atoms with Crippen LogP contribution >= 0.6 is 0 Å². The number of carbonyl (C=O) groups excluding carboxylic acids is 3. The van der Waals surface area contributed by atoms with Crippen LogP contribution in [-0.2, 0) is 45.8 Å². The number of hydrogen-bond acceptors (Lipinski definition) is 11. The van der Waals surface area contributed by atoms with Gasteiger partial charge in [0.2, 0.25) is 0 Å². The minimum atomic E-state index is -4.44. The van der Waals surface area contributed by atoms with Gasteiger partial charge >= 0.3 is 11.9 Å². The largest absolute Gasteiger partial charge is 0.461 e. The van der Waals surface area contributed by atoms with Crippen LogP contribution in [0.4, 0.5) is 0 Å². The van der Waals surface area contributed by atoms with E-state index < -0.39 is 73.9 Å². The molecule has 37 heavy (non-hydrogen) atoms. The number of aromatic amines is 1. The Bertz CT molecular complexity index is 1430. The van der Waals surface area contributed by atoms with Gasteiger partial charge in [0.05, 0.1) is 48.9 Å². The number of hydrogen-bond donors (Lipinski definition) is 3. The minimum Gasteiger partial charge on any atom is -0.461 e. The number of carbonyl (C=O) groups is 3. The molecule has 3 N–H and O–H groups in total. The first-order chi connectivity index (χ1) is 17.2.